The average molecular weight is 335 g/mol. The van der Waals surface area contributed by atoms with E-state index in [0.29, 0.717) is 19.5 Å². The summed E-state index contributed by atoms with van der Waals surface area (Å²) in [7, 11) is 0. The molecule has 1 amide bonds. The number of hydrogen-bond acceptors (Lipinski definition) is 4. The van der Waals surface area contributed by atoms with E-state index in [1.165, 1.54) is 19.3 Å². The number of pyridine rings is 1. The lowest BCUT2D eigenvalue weighted by molar-refractivity contribution is -0.121. The normalized spacial score (nSPS) is 13.9. The van der Waals surface area contributed by atoms with Crippen molar-refractivity contribution in [2.45, 2.75) is 32.2 Å². The third kappa shape index (κ3) is 6.50. The van der Waals surface area contributed by atoms with Gasteiger partial charge in [-0.25, -0.2) is 4.98 Å². The van der Waals surface area contributed by atoms with Gasteiger partial charge >= 0.3 is 0 Å². The van der Waals surface area contributed by atoms with Crippen LogP contribution >= 0.6 is 24.8 Å². The van der Waals surface area contributed by atoms with E-state index in [9.17, 15) is 4.79 Å². The van der Waals surface area contributed by atoms with Crippen LogP contribution in [0.25, 0.3) is 0 Å². The highest BCUT2D eigenvalue weighted by Crippen LogP contribution is 2.18. The lowest BCUT2D eigenvalue weighted by Crippen LogP contribution is -2.30. The molecule has 3 N–H and O–H groups in total. The minimum Gasteiger partial charge on any atom is -0.357 e. The van der Waals surface area contributed by atoms with E-state index in [2.05, 4.69) is 21.3 Å². The molecule has 0 atom stereocenters. The fourth-order valence-electron chi connectivity index (χ4n) is 2.29. The monoisotopic (exact) mass is 334 g/mol. The Morgan fingerprint density at radius 1 is 1.29 bits per heavy atom. The maximum atomic E-state index is 11.4. The van der Waals surface area contributed by atoms with Crippen LogP contribution in [0, 0.1) is 0 Å². The van der Waals surface area contributed by atoms with Gasteiger partial charge in [0, 0.05) is 38.8 Å². The number of carbonyl (C=O) groups excluding carboxylic acids is 1. The smallest absolute Gasteiger partial charge is 0.221 e. The van der Waals surface area contributed by atoms with Gasteiger partial charge in [-0.2, -0.15) is 0 Å². The maximum absolute atomic E-state index is 11.4. The largest absolute Gasteiger partial charge is 0.357 e. The molecule has 0 unspecified atom stereocenters. The number of halogens is 2. The Morgan fingerprint density at radius 2 is 2.00 bits per heavy atom. The van der Waals surface area contributed by atoms with Gasteiger partial charge in [0.05, 0.1) is 0 Å². The number of nitrogens with one attached hydrogen (secondary N) is 1. The van der Waals surface area contributed by atoms with Gasteiger partial charge in [0.2, 0.25) is 5.91 Å². The van der Waals surface area contributed by atoms with Crippen LogP contribution in [0.5, 0.6) is 0 Å². The summed E-state index contributed by atoms with van der Waals surface area (Å²) in [6.45, 7) is 3.09. The van der Waals surface area contributed by atoms with Gasteiger partial charge in [-0.15, -0.1) is 24.8 Å². The number of aromatic nitrogens is 1. The van der Waals surface area contributed by atoms with Crippen molar-refractivity contribution in [1.82, 2.24) is 10.3 Å². The molecule has 2 heterocycles. The summed E-state index contributed by atoms with van der Waals surface area (Å²) < 4.78 is 0. The third-order valence-electron chi connectivity index (χ3n) is 3.35. The summed E-state index contributed by atoms with van der Waals surface area (Å²) in [5.41, 5.74) is 6.43. The fourth-order valence-corrected chi connectivity index (χ4v) is 2.29. The van der Waals surface area contributed by atoms with Crippen molar-refractivity contribution >= 4 is 36.5 Å². The number of carbonyl (C=O) groups is 1. The standard InChI is InChI=1S/C14H22N4O.2ClH/c15-6-4-14(19)17-11-12-5-7-16-13(10-12)18-8-2-1-3-9-18;;/h5,7,10H,1-4,6,8-9,11,15H2,(H,17,19);2*1H. The predicted octanol–water partition coefficient (Wildman–Crippen LogP) is 1.88. The Morgan fingerprint density at radius 3 is 2.67 bits per heavy atom. The van der Waals surface area contributed by atoms with Gasteiger partial charge in [0.15, 0.2) is 0 Å². The van der Waals surface area contributed by atoms with Gasteiger partial charge in [-0.05, 0) is 37.0 Å². The second-order valence-corrected chi connectivity index (χ2v) is 4.89. The Balaban J connectivity index is 0.00000200. The third-order valence-corrected chi connectivity index (χ3v) is 3.35. The van der Waals surface area contributed by atoms with Gasteiger partial charge in [0.25, 0.3) is 0 Å². The molecule has 5 nitrogen and oxygen atoms in total. The number of hydrogen-bond donors (Lipinski definition) is 2. The summed E-state index contributed by atoms with van der Waals surface area (Å²) in [5, 5.41) is 2.86. The molecule has 0 bridgehead atoms. The molecule has 1 fully saturated rings. The second kappa shape index (κ2) is 10.7. The molecular formula is C14H24Cl2N4O. The quantitative estimate of drug-likeness (QED) is 0.862. The van der Waals surface area contributed by atoms with Crippen LogP contribution in [0.4, 0.5) is 5.82 Å². The van der Waals surface area contributed by atoms with Crippen LogP contribution in [-0.2, 0) is 11.3 Å². The maximum Gasteiger partial charge on any atom is 0.221 e. The van der Waals surface area contributed by atoms with E-state index < -0.39 is 0 Å². The van der Waals surface area contributed by atoms with E-state index in [1.807, 2.05) is 12.3 Å². The number of piperidine rings is 1. The molecule has 0 aliphatic carbocycles. The molecule has 0 spiro atoms. The lowest BCUT2D eigenvalue weighted by atomic mass is 10.1. The van der Waals surface area contributed by atoms with Crippen LogP contribution in [0.2, 0.25) is 0 Å². The van der Waals surface area contributed by atoms with Gasteiger partial charge in [-0.3, -0.25) is 4.79 Å². The SMILES string of the molecule is Cl.Cl.NCCC(=O)NCc1ccnc(N2CCCCC2)c1. The van der Waals surface area contributed by atoms with Gasteiger partial charge in [-0.1, -0.05) is 0 Å². The molecular weight excluding hydrogens is 311 g/mol. The number of rotatable bonds is 5. The molecule has 1 aliphatic heterocycles. The van der Waals surface area contributed by atoms with Crippen LogP contribution in [0.15, 0.2) is 18.3 Å². The van der Waals surface area contributed by atoms with E-state index in [0.717, 1.165) is 24.5 Å². The number of nitrogens with two attached hydrogens (primary N) is 1. The average Bonchev–Trinajstić information content (AvgIpc) is 2.47. The lowest BCUT2D eigenvalue weighted by Gasteiger charge is -2.27. The van der Waals surface area contributed by atoms with Crippen molar-refractivity contribution in [3.8, 4) is 0 Å². The first-order chi connectivity index (χ1) is 9.29. The van der Waals surface area contributed by atoms with Crippen molar-refractivity contribution in [3.63, 3.8) is 0 Å². The highest BCUT2D eigenvalue weighted by molar-refractivity contribution is 5.85. The highest BCUT2D eigenvalue weighted by Gasteiger charge is 2.12. The highest BCUT2D eigenvalue weighted by atomic mass is 35.5. The molecule has 1 aliphatic rings. The zero-order valence-electron chi connectivity index (χ0n) is 12.1. The van der Waals surface area contributed by atoms with Crippen molar-refractivity contribution in [2.75, 3.05) is 24.5 Å². The summed E-state index contributed by atoms with van der Waals surface area (Å²) in [6.07, 6.45) is 5.97. The van der Waals surface area contributed by atoms with Crippen molar-refractivity contribution < 1.29 is 4.79 Å². The summed E-state index contributed by atoms with van der Waals surface area (Å²) in [4.78, 5) is 18.1. The molecule has 7 heteroatoms. The minimum absolute atomic E-state index is 0. The molecule has 21 heavy (non-hydrogen) atoms. The van der Waals surface area contributed by atoms with E-state index in [-0.39, 0.29) is 30.7 Å². The summed E-state index contributed by atoms with van der Waals surface area (Å²) >= 11 is 0. The summed E-state index contributed by atoms with van der Waals surface area (Å²) in [6, 6.07) is 4.00. The molecule has 1 saturated heterocycles. The zero-order chi connectivity index (χ0) is 13.5. The van der Waals surface area contributed by atoms with Gasteiger partial charge < -0.3 is 16.0 Å². The molecule has 1 aromatic rings. The first-order valence-corrected chi connectivity index (χ1v) is 6.96. The number of nitrogens with zero attached hydrogens (tertiary/aromatic N) is 2. The summed E-state index contributed by atoms with van der Waals surface area (Å²) in [5.74, 6) is 1.02. The molecule has 0 saturated carbocycles. The first kappa shape index (κ1) is 20.0. The van der Waals surface area contributed by atoms with Crippen molar-refractivity contribution in [2.24, 2.45) is 5.73 Å². The minimum atomic E-state index is -0.00108. The molecule has 1 aromatic heterocycles. The van der Waals surface area contributed by atoms with Gasteiger partial charge in [0.1, 0.15) is 5.82 Å². The van der Waals surface area contributed by atoms with E-state index in [4.69, 9.17) is 5.73 Å². The topological polar surface area (TPSA) is 71.2 Å². The van der Waals surface area contributed by atoms with Crippen molar-refractivity contribution in [1.29, 1.82) is 0 Å². The Labute approximate surface area is 138 Å². The van der Waals surface area contributed by atoms with Crippen LogP contribution < -0.4 is 16.0 Å². The van der Waals surface area contributed by atoms with E-state index >= 15 is 0 Å². The van der Waals surface area contributed by atoms with Crippen LogP contribution in [-0.4, -0.2) is 30.5 Å². The Bertz CT molecular complexity index is 425. The van der Waals surface area contributed by atoms with E-state index in [1.54, 1.807) is 0 Å². The molecule has 0 radical (unpaired) electrons. The van der Waals surface area contributed by atoms with Crippen LogP contribution in [0.3, 0.4) is 0 Å². The number of anilines is 1. The fraction of sp³-hybridized carbons (Fsp3) is 0.571. The van der Waals surface area contributed by atoms with Crippen LogP contribution in [0.1, 0.15) is 31.2 Å². The number of amides is 1. The second-order valence-electron chi connectivity index (χ2n) is 4.89. The predicted molar refractivity (Wildman–Crippen MR) is 90.3 cm³/mol. The molecule has 0 aromatic carbocycles. The van der Waals surface area contributed by atoms with Crippen molar-refractivity contribution in [3.05, 3.63) is 23.9 Å². The zero-order valence-corrected chi connectivity index (χ0v) is 13.7. The Kier molecular flexibility index (Phi) is 10.1. The first-order valence-electron chi connectivity index (χ1n) is 6.96. The molecule has 2 rings (SSSR count). The Hall–Kier alpha value is -1.04. The molecule has 120 valence electrons.